The first-order valence-corrected chi connectivity index (χ1v) is 7.30. The first-order valence-electron chi connectivity index (χ1n) is 6.67. The van der Waals surface area contributed by atoms with Gasteiger partial charge in [0.05, 0.1) is 0 Å². The Kier molecular flexibility index (Phi) is 9.96. The van der Waals surface area contributed by atoms with E-state index < -0.39 is 42.4 Å². The highest BCUT2D eigenvalue weighted by Crippen LogP contribution is 1.99. The maximum Gasteiger partial charge on any atom is 0.322 e. The molecule has 0 aromatic carbocycles. The molecule has 0 heterocycles. The van der Waals surface area contributed by atoms with Crippen LogP contribution in [0.4, 0.5) is 0 Å². The number of likely N-dealkylation sites (N-methyl/N-ethyl adjacent to an activating group) is 1. The second-order valence-corrected chi connectivity index (χ2v) is 4.77. The molecule has 10 heteroatoms. The third kappa shape index (κ3) is 8.47. The number of rotatable bonds is 11. The fraction of sp³-hybridized carbons (Fsp3) is 0.667. The van der Waals surface area contributed by atoms with E-state index >= 15 is 0 Å². The number of amides is 2. The Balaban J connectivity index is 4.33. The molecule has 0 saturated heterocycles. The van der Waals surface area contributed by atoms with Crippen LogP contribution in [0.5, 0.6) is 0 Å². The molecule has 2 amide bonds. The minimum atomic E-state index is -1.20. The molecule has 126 valence electrons. The molecule has 0 aromatic heterocycles. The maximum atomic E-state index is 11.7. The van der Waals surface area contributed by atoms with Crippen LogP contribution >= 0.6 is 12.6 Å². The van der Waals surface area contributed by atoms with Crippen molar-refractivity contribution in [2.75, 3.05) is 18.8 Å². The number of thiol groups is 1. The van der Waals surface area contributed by atoms with Crippen LogP contribution in [0.3, 0.4) is 0 Å². The summed E-state index contributed by atoms with van der Waals surface area (Å²) in [6.07, 6.45) is -0.00843. The average molecular weight is 335 g/mol. The second-order valence-electron chi connectivity index (χ2n) is 4.40. The molecule has 22 heavy (non-hydrogen) atoms. The quantitative estimate of drug-likeness (QED) is 0.251. The number of carbonyl (C=O) groups is 4. The number of aliphatic carboxylic acids is 2. The third-order valence-electron chi connectivity index (χ3n) is 2.66. The number of carbonyl (C=O) groups excluding carboxylic acids is 2. The smallest absolute Gasteiger partial charge is 0.322 e. The van der Waals surface area contributed by atoms with Gasteiger partial charge in [0, 0.05) is 12.2 Å². The summed E-state index contributed by atoms with van der Waals surface area (Å²) in [6.45, 7) is 1.65. The zero-order valence-corrected chi connectivity index (χ0v) is 13.1. The summed E-state index contributed by atoms with van der Waals surface area (Å²) in [4.78, 5) is 44.6. The predicted octanol–water partition coefficient (Wildman–Crippen LogP) is -1.56. The van der Waals surface area contributed by atoms with Crippen molar-refractivity contribution in [1.82, 2.24) is 16.0 Å². The molecular formula is C12H21N3O6S. The molecule has 0 spiro atoms. The van der Waals surface area contributed by atoms with Crippen LogP contribution in [-0.2, 0) is 19.2 Å². The molecule has 0 aromatic rings. The van der Waals surface area contributed by atoms with E-state index in [2.05, 4.69) is 28.6 Å². The van der Waals surface area contributed by atoms with Gasteiger partial charge in [-0.1, -0.05) is 6.92 Å². The SMILES string of the molecule is CCNC(CCC(=O)NC(CS)C(=O)NCC(=O)O)C(=O)O. The van der Waals surface area contributed by atoms with E-state index in [4.69, 9.17) is 10.2 Å². The van der Waals surface area contributed by atoms with Gasteiger partial charge < -0.3 is 26.2 Å². The highest BCUT2D eigenvalue weighted by atomic mass is 32.1. The first-order chi connectivity index (χ1) is 10.3. The molecular weight excluding hydrogens is 314 g/mol. The Morgan fingerprint density at radius 2 is 1.77 bits per heavy atom. The van der Waals surface area contributed by atoms with E-state index in [9.17, 15) is 19.2 Å². The lowest BCUT2D eigenvalue weighted by Gasteiger charge is -2.17. The summed E-state index contributed by atoms with van der Waals surface area (Å²) in [5.41, 5.74) is 0. The van der Waals surface area contributed by atoms with Gasteiger partial charge >= 0.3 is 11.9 Å². The van der Waals surface area contributed by atoms with Crippen LogP contribution in [0.15, 0.2) is 0 Å². The van der Waals surface area contributed by atoms with Gasteiger partial charge in [0.15, 0.2) is 0 Å². The van der Waals surface area contributed by atoms with Crippen LogP contribution in [-0.4, -0.2) is 64.9 Å². The fourth-order valence-electron chi connectivity index (χ4n) is 1.58. The van der Waals surface area contributed by atoms with E-state index in [0.29, 0.717) is 6.54 Å². The number of carboxylic acids is 2. The lowest BCUT2D eigenvalue weighted by atomic mass is 10.1. The van der Waals surface area contributed by atoms with Gasteiger partial charge in [-0.25, -0.2) is 0 Å². The van der Waals surface area contributed by atoms with E-state index in [-0.39, 0.29) is 18.6 Å². The molecule has 0 aliphatic heterocycles. The standard InChI is InChI=1S/C12H21N3O6S/c1-2-13-7(12(20)21)3-4-9(16)15-8(6-22)11(19)14-5-10(17)18/h7-8,13,22H,2-6H2,1H3,(H,14,19)(H,15,16)(H,17,18)(H,20,21). The second kappa shape index (κ2) is 10.9. The van der Waals surface area contributed by atoms with Crippen molar-refractivity contribution in [2.45, 2.75) is 31.8 Å². The highest BCUT2D eigenvalue weighted by molar-refractivity contribution is 7.80. The molecule has 2 unspecified atom stereocenters. The van der Waals surface area contributed by atoms with E-state index in [1.165, 1.54) is 0 Å². The minimum Gasteiger partial charge on any atom is -0.480 e. The van der Waals surface area contributed by atoms with Gasteiger partial charge in [-0.3, -0.25) is 19.2 Å². The Morgan fingerprint density at radius 1 is 1.14 bits per heavy atom. The molecule has 0 bridgehead atoms. The fourth-order valence-corrected chi connectivity index (χ4v) is 1.84. The summed E-state index contributed by atoms with van der Waals surface area (Å²) in [5, 5.41) is 24.6. The van der Waals surface area contributed by atoms with E-state index in [1.807, 2.05) is 0 Å². The Labute approximate surface area is 133 Å². The summed E-state index contributed by atoms with van der Waals surface area (Å²) in [5.74, 6) is -3.43. The van der Waals surface area contributed by atoms with Crippen molar-refractivity contribution in [2.24, 2.45) is 0 Å². The Bertz CT molecular complexity index is 418. The van der Waals surface area contributed by atoms with Gasteiger partial charge in [0.25, 0.3) is 0 Å². The molecule has 0 radical (unpaired) electrons. The Hall–Kier alpha value is -1.81. The van der Waals surface area contributed by atoms with Crippen molar-refractivity contribution in [3.05, 3.63) is 0 Å². The summed E-state index contributed by atoms with van der Waals surface area (Å²) in [7, 11) is 0. The van der Waals surface area contributed by atoms with Gasteiger partial charge in [-0.05, 0) is 13.0 Å². The monoisotopic (exact) mass is 335 g/mol. The summed E-state index contributed by atoms with van der Waals surface area (Å²) >= 11 is 3.92. The van der Waals surface area contributed by atoms with Crippen molar-refractivity contribution in [3.63, 3.8) is 0 Å². The van der Waals surface area contributed by atoms with Gasteiger partial charge in [0.2, 0.25) is 11.8 Å². The molecule has 0 saturated carbocycles. The topological polar surface area (TPSA) is 145 Å². The number of carboxylic acid groups (broad SMARTS) is 2. The van der Waals surface area contributed by atoms with Gasteiger partial charge in [0.1, 0.15) is 18.6 Å². The molecule has 9 nitrogen and oxygen atoms in total. The first kappa shape index (κ1) is 20.2. The van der Waals surface area contributed by atoms with Crippen molar-refractivity contribution < 1.29 is 29.4 Å². The van der Waals surface area contributed by atoms with Crippen molar-refractivity contribution in [1.29, 1.82) is 0 Å². The molecule has 0 aliphatic carbocycles. The lowest BCUT2D eigenvalue weighted by Crippen LogP contribution is -2.49. The van der Waals surface area contributed by atoms with Crippen LogP contribution in [0.2, 0.25) is 0 Å². The number of hydrogen-bond acceptors (Lipinski definition) is 6. The highest BCUT2D eigenvalue weighted by Gasteiger charge is 2.22. The lowest BCUT2D eigenvalue weighted by molar-refractivity contribution is -0.140. The normalized spacial score (nSPS) is 13.0. The summed E-state index contributed by atoms with van der Waals surface area (Å²) < 4.78 is 0. The molecule has 0 aliphatic rings. The third-order valence-corrected chi connectivity index (χ3v) is 3.02. The van der Waals surface area contributed by atoms with E-state index in [1.54, 1.807) is 6.92 Å². The molecule has 2 atom stereocenters. The van der Waals surface area contributed by atoms with Crippen LogP contribution in [0.25, 0.3) is 0 Å². The molecule has 0 rings (SSSR count). The maximum absolute atomic E-state index is 11.7. The van der Waals surface area contributed by atoms with Crippen molar-refractivity contribution in [3.8, 4) is 0 Å². The van der Waals surface area contributed by atoms with Crippen molar-refractivity contribution >= 4 is 36.4 Å². The number of nitrogens with one attached hydrogen (secondary N) is 3. The van der Waals surface area contributed by atoms with E-state index in [0.717, 1.165) is 0 Å². The zero-order valence-electron chi connectivity index (χ0n) is 12.2. The zero-order chi connectivity index (χ0) is 17.1. The molecule has 5 N–H and O–H groups in total. The predicted molar refractivity (Wildman–Crippen MR) is 80.8 cm³/mol. The Morgan fingerprint density at radius 3 is 2.23 bits per heavy atom. The summed E-state index contributed by atoms with van der Waals surface area (Å²) in [6, 6.07) is -1.82. The van der Waals surface area contributed by atoms with Crippen LogP contribution in [0.1, 0.15) is 19.8 Å². The minimum absolute atomic E-state index is 0.00718. The largest absolute Gasteiger partial charge is 0.480 e. The average Bonchev–Trinajstić information content (AvgIpc) is 2.46. The molecule has 0 fully saturated rings. The van der Waals surface area contributed by atoms with Crippen LogP contribution < -0.4 is 16.0 Å². The number of hydrogen-bond donors (Lipinski definition) is 6. The van der Waals surface area contributed by atoms with Crippen LogP contribution in [0, 0.1) is 0 Å². The van der Waals surface area contributed by atoms with Gasteiger partial charge in [-0.2, -0.15) is 12.6 Å². The van der Waals surface area contributed by atoms with Gasteiger partial charge in [-0.15, -0.1) is 0 Å².